The summed E-state index contributed by atoms with van der Waals surface area (Å²) >= 11 is 13.3. The average molecular weight is 359 g/mol. The highest BCUT2D eigenvalue weighted by atomic mass is 35.5. The van der Waals surface area contributed by atoms with Crippen LogP contribution in [0.4, 0.5) is 0 Å². The van der Waals surface area contributed by atoms with Crippen molar-refractivity contribution < 1.29 is 14.6 Å². The minimum Gasteiger partial charge on any atom is -0.496 e. The Labute approximate surface area is 144 Å². The fraction of sp³-hybridized carbons (Fsp3) is 0.250. The van der Waals surface area contributed by atoms with Crippen molar-refractivity contribution in [3.05, 3.63) is 52.5 Å². The third kappa shape index (κ3) is 4.99. The van der Waals surface area contributed by atoms with Gasteiger partial charge in [0.1, 0.15) is 18.1 Å². The van der Waals surface area contributed by atoms with Crippen molar-refractivity contribution in [1.29, 1.82) is 0 Å². The van der Waals surface area contributed by atoms with Crippen LogP contribution in [0.1, 0.15) is 0 Å². The van der Waals surface area contributed by atoms with Gasteiger partial charge in [0.05, 0.1) is 18.2 Å². The highest BCUT2D eigenvalue weighted by molar-refractivity contribution is 7.99. The molecule has 0 saturated heterocycles. The number of hydrogen-bond donors (Lipinski definition) is 1. The van der Waals surface area contributed by atoms with E-state index in [2.05, 4.69) is 0 Å². The summed E-state index contributed by atoms with van der Waals surface area (Å²) in [6.45, 7) is 0.156. The van der Waals surface area contributed by atoms with Gasteiger partial charge in [-0.15, -0.1) is 11.8 Å². The van der Waals surface area contributed by atoms with Crippen molar-refractivity contribution in [2.24, 2.45) is 0 Å². The summed E-state index contributed by atoms with van der Waals surface area (Å²) in [6.07, 6.45) is -0.623. The lowest BCUT2D eigenvalue weighted by atomic mass is 10.3. The average Bonchev–Trinajstić information content (AvgIpc) is 2.52. The van der Waals surface area contributed by atoms with Crippen molar-refractivity contribution in [3.63, 3.8) is 0 Å². The van der Waals surface area contributed by atoms with Crippen LogP contribution in [0.15, 0.2) is 47.4 Å². The molecule has 0 heterocycles. The molecule has 3 nitrogen and oxygen atoms in total. The zero-order valence-corrected chi connectivity index (χ0v) is 14.3. The van der Waals surface area contributed by atoms with Crippen LogP contribution in [0.5, 0.6) is 11.5 Å². The molecule has 2 rings (SSSR count). The molecule has 0 spiro atoms. The molecule has 0 aliphatic rings. The predicted octanol–water partition coefficient (Wildman–Crippen LogP) is 4.53. The second kappa shape index (κ2) is 8.53. The molecule has 118 valence electrons. The molecule has 0 aliphatic heterocycles. The number of halogens is 2. The fourth-order valence-corrected chi connectivity index (χ4v) is 3.15. The monoisotopic (exact) mass is 358 g/mol. The lowest BCUT2D eigenvalue weighted by Crippen LogP contribution is -2.20. The Morgan fingerprint density at radius 3 is 2.64 bits per heavy atom. The largest absolute Gasteiger partial charge is 0.496 e. The van der Waals surface area contributed by atoms with Crippen LogP contribution < -0.4 is 9.47 Å². The Hall–Kier alpha value is -1.07. The second-order valence-electron chi connectivity index (χ2n) is 4.50. The standard InChI is InChI=1S/C16H16Cl2O3S/c1-20-15-4-2-3-5-16(15)22-10-12(19)9-21-14-7-6-11(17)8-13(14)18/h2-8,12,19H,9-10H2,1H3. The Morgan fingerprint density at radius 1 is 1.14 bits per heavy atom. The van der Waals surface area contributed by atoms with Gasteiger partial charge in [-0.2, -0.15) is 0 Å². The molecule has 2 aromatic rings. The van der Waals surface area contributed by atoms with Gasteiger partial charge >= 0.3 is 0 Å². The number of benzene rings is 2. The van der Waals surface area contributed by atoms with Crippen molar-refractivity contribution in [1.82, 2.24) is 0 Å². The van der Waals surface area contributed by atoms with E-state index in [1.165, 1.54) is 11.8 Å². The Balaban J connectivity index is 1.84. The molecule has 1 unspecified atom stereocenters. The summed E-state index contributed by atoms with van der Waals surface area (Å²) < 4.78 is 10.8. The molecule has 0 fully saturated rings. The van der Waals surface area contributed by atoms with Gasteiger partial charge in [-0.1, -0.05) is 35.3 Å². The molecule has 0 aromatic heterocycles. The maximum absolute atomic E-state index is 10.0. The van der Waals surface area contributed by atoms with Crippen LogP contribution >= 0.6 is 35.0 Å². The van der Waals surface area contributed by atoms with Gasteiger partial charge in [-0.3, -0.25) is 0 Å². The van der Waals surface area contributed by atoms with Crippen molar-refractivity contribution in [2.45, 2.75) is 11.0 Å². The van der Waals surface area contributed by atoms with Crippen LogP contribution in [0.25, 0.3) is 0 Å². The third-order valence-corrected chi connectivity index (χ3v) is 4.56. The maximum Gasteiger partial charge on any atom is 0.138 e. The van der Waals surface area contributed by atoms with Gasteiger partial charge in [-0.05, 0) is 30.3 Å². The van der Waals surface area contributed by atoms with Crippen LogP contribution in [-0.2, 0) is 0 Å². The van der Waals surface area contributed by atoms with Crippen LogP contribution in [-0.4, -0.2) is 30.7 Å². The Morgan fingerprint density at radius 2 is 1.91 bits per heavy atom. The second-order valence-corrected chi connectivity index (χ2v) is 6.41. The summed E-state index contributed by atoms with van der Waals surface area (Å²) in [6, 6.07) is 12.7. The molecule has 22 heavy (non-hydrogen) atoms. The molecule has 1 N–H and O–H groups in total. The third-order valence-electron chi connectivity index (χ3n) is 2.83. The number of ether oxygens (including phenoxy) is 2. The molecular formula is C16H16Cl2O3S. The Kier molecular flexibility index (Phi) is 6.70. The SMILES string of the molecule is COc1ccccc1SCC(O)COc1ccc(Cl)cc1Cl. The van der Waals surface area contributed by atoms with E-state index in [1.807, 2.05) is 24.3 Å². The summed E-state index contributed by atoms with van der Waals surface area (Å²) in [5.41, 5.74) is 0. The van der Waals surface area contributed by atoms with Gasteiger partial charge in [0.2, 0.25) is 0 Å². The van der Waals surface area contributed by atoms with E-state index in [1.54, 1.807) is 25.3 Å². The van der Waals surface area contributed by atoms with Gasteiger partial charge in [0.15, 0.2) is 0 Å². The number of aliphatic hydroxyl groups is 1. The first-order chi connectivity index (χ1) is 10.6. The number of aliphatic hydroxyl groups excluding tert-OH is 1. The van der Waals surface area contributed by atoms with E-state index in [4.69, 9.17) is 32.7 Å². The number of methoxy groups -OCH3 is 1. The normalized spacial score (nSPS) is 12.0. The lowest BCUT2D eigenvalue weighted by molar-refractivity contribution is 0.126. The van der Waals surface area contributed by atoms with E-state index < -0.39 is 6.10 Å². The number of hydrogen-bond acceptors (Lipinski definition) is 4. The summed E-state index contributed by atoms with van der Waals surface area (Å²) in [7, 11) is 1.63. The van der Waals surface area contributed by atoms with Crippen molar-refractivity contribution in [2.75, 3.05) is 19.5 Å². The minimum atomic E-state index is -0.623. The highest BCUT2D eigenvalue weighted by Gasteiger charge is 2.10. The van der Waals surface area contributed by atoms with E-state index in [9.17, 15) is 5.11 Å². The molecule has 1 atom stereocenters. The molecular weight excluding hydrogens is 343 g/mol. The summed E-state index contributed by atoms with van der Waals surface area (Å²) in [5.74, 6) is 1.79. The van der Waals surface area contributed by atoms with E-state index in [0.29, 0.717) is 21.5 Å². The molecule has 0 bridgehead atoms. The molecule has 0 aliphatic carbocycles. The van der Waals surface area contributed by atoms with Gasteiger partial charge in [0, 0.05) is 15.7 Å². The Bertz CT molecular complexity index is 622. The van der Waals surface area contributed by atoms with Crippen LogP contribution in [0, 0.1) is 0 Å². The molecule has 6 heteroatoms. The fourth-order valence-electron chi connectivity index (χ4n) is 1.75. The summed E-state index contributed by atoms with van der Waals surface area (Å²) in [5, 5.41) is 11.0. The molecule has 0 saturated carbocycles. The van der Waals surface area contributed by atoms with Crippen LogP contribution in [0.2, 0.25) is 10.0 Å². The van der Waals surface area contributed by atoms with E-state index >= 15 is 0 Å². The smallest absolute Gasteiger partial charge is 0.138 e. The molecule has 2 aromatic carbocycles. The van der Waals surface area contributed by atoms with E-state index in [-0.39, 0.29) is 6.61 Å². The lowest BCUT2D eigenvalue weighted by Gasteiger charge is -2.14. The van der Waals surface area contributed by atoms with Crippen LogP contribution in [0.3, 0.4) is 0 Å². The first-order valence-electron chi connectivity index (χ1n) is 6.62. The number of para-hydroxylation sites is 1. The van der Waals surface area contributed by atoms with Gasteiger partial charge < -0.3 is 14.6 Å². The first kappa shape index (κ1) is 17.3. The van der Waals surface area contributed by atoms with Gasteiger partial charge in [0.25, 0.3) is 0 Å². The zero-order valence-electron chi connectivity index (χ0n) is 12.0. The number of thioether (sulfide) groups is 1. The topological polar surface area (TPSA) is 38.7 Å². The summed E-state index contributed by atoms with van der Waals surface area (Å²) in [4.78, 5) is 0.980. The van der Waals surface area contributed by atoms with E-state index in [0.717, 1.165) is 10.6 Å². The first-order valence-corrected chi connectivity index (χ1v) is 8.36. The van der Waals surface area contributed by atoms with Gasteiger partial charge in [-0.25, -0.2) is 0 Å². The highest BCUT2D eigenvalue weighted by Crippen LogP contribution is 2.30. The minimum absolute atomic E-state index is 0.156. The van der Waals surface area contributed by atoms with Crippen molar-refractivity contribution >= 4 is 35.0 Å². The number of rotatable bonds is 7. The quantitative estimate of drug-likeness (QED) is 0.737. The molecule has 0 radical (unpaired) electrons. The maximum atomic E-state index is 10.0. The zero-order chi connectivity index (χ0) is 15.9. The molecule has 0 amide bonds. The predicted molar refractivity (Wildman–Crippen MR) is 91.7 cm³/mol. The van der Waals surface area contributed by atoms with Crippen molar-refractivity contribution in [3.8, 4) is 11.5 Å².